The van der Waals surface area contributed by atoms with Gasteiger partial charge in [0.2, 0.25) is 0 Å². The molecule has 21 heavy (non-hydrogen) atoms. The normalized spacial score (nSPS) is 18.0. The van der Waals surface area contributed by atoms with Crippen LogP contribution in [0.2, 0.25) is 0 Å². The number of anilines is 1. The fourth-order valence-electron chi connectivity index (χ4n) is 2.80. The van der Waals surface area contributed by atoms with Crippen LogP contribution in [0.25, 0.3) is 0 Å². The Morgan fingerprint density at radius 3 is 2.86 bits per heavy atom. The number of hydrogen-bond donors (Lipinski definition) is 1. The Bertz CT molecular complexity index is 608. The van der Waals surface area contributed by atoms with Crippen molar-refractivity contribution in [3.8, 4) is 0 Å². The molecule has 0 unspecified atom stereocenters. The van der Waals surface area contributed by atoms with Crippen molar-refractivity contribution in [2.45, 2.75) is 13.3 Å². The van der Waals surface area contributed by atoms with E-state index in [2.05, 4.69) is 34.5 Å². The predicted octanol–water partition coefficient (Wildman–Crippen LogP) is 3.31. The molecule has 3 rings (SSSR count). The maximum absolute atomic E-state index is 12.1. The molecular formula is C17H20N2OS. The summed E-state index contributed by atoms with van der Waals surface area (Å²) in [6.45, 7) is 4.84. The van der Waals surface area contributed by atoms with Gasteiger partial charge in [-0.2, -0.15) is 0 Å². The third kappa shape index (κ3) is 3.27. The van der Waals surface area contributed by atoms with Gasteiger partial charge < -0.3 is 10.2 Å². The van der Waals surface area contributed by atoms with E-state index in [-0.39, 0.29) is 5.91 Å². The van der Waals surface area contributed by atoms with Crippen molar-refractivity contribution >= 4 is 22.9 Å². The molecule has 1 aromatic carbocycles. The molecular weight excluding hydrogens is 280 g/mol. The first-order chi connectivity index (χ1) is 10.2. The van der Waals surface area contributed by atoms with Crippen LogP contribution in [0.15, 0.2) is 41.8 Å². The Morgan fingerprint density at radius 1 is 1.33 bits per heavy atom. The molecule has 2 heterocycles. The van der Waals surface area contributed by atoms with Gasteiger partial charge in [0.1, 0.15) is 0 Å². The molecule has 1 atom stereocenters. The van der Waals surface area contributed by atoms with Gasteiger partial charge in [-0.15, -0.1) is 11.3 Å². The summed E-state index contributed by atoms with van der Waals surface area (Å²) in [4.78, 5) is 15.4. The van der Waals surface area contributed by atoms with Gasteiger partial charge in [-0.05, 0) is 48.4 Å². The molecule has 2 aromatic rings. The number of para-hydroxylation sites is 1. The number of nitrogens with one attached hydrogen (secondary N) is 1. The largest absolute Gasteiger partial charge is 0.371 e. The van der Waals surface area contributed by atoms with Gasteiger partial charge in [0.15, 0.2) is 0 Å². The zero-order valence-electron chi connectivity index (χ0n) is 12.2. The standard InChI is InChI=1S/C17H20N2OS/c1-13-8-10-21-16(13)17(20)18-11-14-7-9-19(12-14)15-5-3-2-4-6-15/h2-6,8,10,14H,7,9,11-12H2,1H3,(H,18,20)/t14-/m1/s1. The van der Waals surface area contributed by atoms with E-state index < -0.39 is 0 Å². The molecule has 1 aliphatic heterocycles. The molecule has 1 aromatic heterocycles. The highest BCUT2D eigenvalue weighted by Crippen LogP contribution is 2.23. The van der Waals surface area contributed by atoms with Crippen molar-refractivity contribution in [1.82, 2.24) is 5.32 Å². The van der Waals surface area contributed by atoms with Crippen LogP contribution in [-0.4, -0.2) is 25.5 Å². The van der Waals surface area contributed by atoms with Gasteiger partial charge in [0.05, 0.1) is 4.88 Å². The van der Waals surface area contributed by atoms with E-state index in [1.54, 1.807) is 0 Å². The second-order valence-electron chi connectivity index (χ2n) is 5.58. The number of carbonyl (C=O) groups excluding carboxylic acids is 1. The van der Waals surface area contributed by atoms with E-state index >= 15 is 0 Å². The lowest BCUT2D eigenvalue weighted by atomic mass is 10.1. The summed E-state index contributed by atoms with van der Waals surface area (Å²) in [7, 11) is 0. The fourth-order valence-corrected chi connectivity index (χ4v) is 3.64. The lowest BCUT2D eigenvalue weighted by Gasteiger charge is -2.18. The molecule has 4 heteroatoms. The van der Waals surface area contributed by atoms with Crippen LogP contribution in [0.5, 0.6) is 0 Å². The zero-order valence-corrected chi connectivity index (χ0v) is 13.0. The predicted molar refractivity (Wildman–Crippen MR) is 88.2 cm³/mol. The molecule has 110 valence electrons. The molecule has 1 N–H and O–H groups in total. The van der Waals surface area contributed by atoms with E-state index in [0.717, 1.165) is 36.5 Å². The van der Waals surface area contributed by atoms with Crippen molar-refractivity contribution in [3.63, 3.8) is 0 Å². The molecule has 0 saturated carbocycles. The minimum atomic E-state index is 0.0701. The van der Waals surface area contributed by atoms with Gasteiger partial charge in [-0.1, -0.05) is 18.2 Å². The average molecular weight is 300 g/mol. The maximum Gasteiger partial charge on any atom is 0.261 e. The van der Waals surface area contributed by atoms with Crippen molar-refractivity contribution in [2.75, 3.05) is 24.5 Å². The smallest absolute Gasteiger partial charge is 0.261 e. The molecule has 1 saturated heterocycles. The number of aryl methyl sites for hydroxylation is 1. The van der Waals surface area contributed by atoms with Crippen LogP contribution in [0, 0.1) is 12.8 Å². The summed E-state index contributed by atoms with van der Waals surface area (Å²) in [5, 5.41) is 5.05. The van der Waals surface area contributed by atoms with Crippen LogP contribution in [0.1, 0.15) is 21.7 Å². The van der Waals surface area contributed by atoms with Gasteiger partial charge in [-0.25, -0.2) is 0 Å². The summed E-state index contributed by atoms with van der Waals surface area (Å²) in [5.41, 5.74) is 2.34. The van der Waals surface area contributed by atoms with Crippen molar-refractivity contribution in [1.29, 1.82) is 0 Å². The van der Waals surface area contributed by atoms with Gasteiger partial charge >= 0.3 is 0 Å². The highest BCUT2D eigenvalue weighted by atomic mass is 32.1. The third-order valence-corrected chi connectivity index (χ3v) is 5.04. The minimum Gasteiger partial charge on any atom is -0.371 e. The van der Waals surface area contributed by atoms with Gasteiger partial charge in [0, 0.05) is 25.3 Å². The van der Waals surface area contributed by atoms with Crippen molar-refractivity contribution in [2.24, 2.45) is 5.92 Å². The highest BCUT2D eigenvalue weighted by Gasteiger charge is 2.23. The summed E-state index contributed by atoms with van der Waals surface area (Å²) in [6.07, 6.45) is 1.14. The lowest BCUT2D eigenvalue weighted by molar-refractivity contribution is 0.0952. The second kappa shape index (κ2) is 6.31. The highest BCUT2D eigenvalue weighted by molar-refractivity contribution is 7.12. The van der Waals surface area contributed by atoms with Gasteiger partial charge in [0.25, 0.3) is 5.91 Å². The SMILES string of the molecule is Cc1ccsc1C(=O)NC[C@H]1CCN(c2ccccc2)C1. The zero-order chi connectivity index (χ0) is 14.7. The van der Waals surface area contributed by atoms with Crippen LogP contribution in [0.3, 0.4) is 0 Å². The molecule has 1 aliphatic rings. The van der Waals surface area contributed by atoms with Crippen LogP contribution in [-0.2, 0) is 0 Å². The molecule has 1 fully saturated rings. The maximum atomic E-state index is 12.1. The molecule has 1 amide bonds. The monoisotopic (exact) mass is 300 g/mol. The number of thiophene rings is 1. The summed E-state index contributed by atoms with van der Waals surface area (Å²) >= 11 is 1.52. The quantitative estimate of drug-likeness (QED) is 0.939. The van der Waals surface area contributed by atoms with E-state index in [0.29, 0.717) is 5.92 Å². The number of hydrogen-bond acceptors (Lipinski definition) is 3. The fraction of sp³-hybridized carbons (Fsp3) is 0.353. The van der Waals surface area contributed by atoms with Crippen molar-refractivity contribution < 1.29 is 4.79 Å². The van der Waals surface area contributed by atoms with E-state index in [4.69, 9.17) is 0 Å². The van der Waals surface area contributed by atoms with Gasteiger partial charge in [-0.3, -0.25) is 4.79 Å². The summed E-state index contributed by atoms with van der Waals surface area (Å²) < 4.78 is 0. The topological polar surface area (TPSA) is 32.3 Å². The number of rotatable bonds is 4. The number of nitrogens with zero attached hydrogens (tertiary/aromatic N) is 1. The summed E-state index contributed by atoms with van der Waals surface area (Å²) in [6, 6.07) is 12.5. The van der Waals surface area contributed by atoms with Crippen LogP contribution >= 0.6 is 11.3 Å². The number of benzene rings is 1. The molecule has 0 aliphatic carbocycles. The Morgan fingerprint density at radius 2 is 2.14 bits per heavy atom. The lowest BCUT2D eigenvalue weighted by Crippen LogP contribution is -2.30. The molecule has 0 radical (unpaired) electrons. The summed E-state index contributed by atoms with van der Waals surface area (Å²) in [5.74, 6) is 0.607. The van der Waals surface area contributed by atoms with E-state index in [1.165, 1.54) is 17.0 Å². The first-order valence-corrected chi connectivity index (χ1v) is 8.24. The molecule has 0 spiro atoms. The Hall–Kier alpha value is -1.81. The Balaban J connectivity index is 1.52. The first-order valence-electron chi connectivity index (χ1n) is 7.36. The molecule has 3 nitrogen and oxygen atoms in total. The Kier molecular flexibility index (Phi) is 4.25. The van der Waals surface area contributed by atoms with E-state index in [1.807, 2.05) is 24.4 Å². The Labute approximate surface area is 129 Å². The van der Waals surface area contributed by atoms with Crippen molar-refractivity contribution in [3.05, 3.63) is 52.2 Å². The average Bonchev–Trinajstić information content (AvgIpc) is 3.15. The molecule has 0 bridgehead atoms. The third-order valence-electron chi connectivity index (χ3n) is 4.03. The first kappa shape index (κ1) is 14.1. The second-order valence-corrected chi connectivity index (χ2v) is 6.50. The van der Waals surface area contributed by atoms with Crippen LogP contribution < -0.4 is 10.2 Å². The number of amides is 1. The number of carbonyl (C=O) groups is 1. The minimum absolute atomic E-state index is 0.0701. The van der Waals surface area contributed by atoms with E-state index in [9.17, 15) is 4.79 Å². The van der Waals surface area contributed by atoms with Crippen LogP contribution in [0.4, 0.5) is 5.69 Å².